The van der Waals surface area contributed by atoms with Gasteiger partial charge < -0.3 is 16.2 Å². The summed E-state index contributed by atoms with van der Waals surface area (Å²) in [5, 5.41) is 13.7. The predicted octanol–water partition coefficient (Wildman–Crippen LogP) is 1.78. The van der Waals surface area contributed by atoms with Gasteiger partial charge in [-0.25, -0.2) is 9.97 Å². The molecule has 0 fully saturated rings. The third-order valence-corrected chi connectivity index (χ3v) is 2.90. The molecule has 96 valence electrons. The standard InChI is InChI=1S/C13H18N4O/c1-2-10(18)5-6-15-13-11-4-3-9(14)7-12(11)16-8-17-13/h3-4,7-8,10,18H,2,5-6,14H2,1H3,(H,15,16,17). The van der Waals surface area contributed by atoms with Crippen molar-refractivity contribution in [3.8, 4) is 0 Å². The van der Waals surface area contributed by atoms with Crippen LogP contribution in [0.25, 0.3) is 10.9 Å². The Labute approximate surface area is 106 Å². The molecule has 2 aromatic rings. The van der Waals surface area contributed by atoms with E-state index in [9.17, 15) is 5.11 Å². The fraction of sp³-hybridized carbons (Fsp3) is 0.385. The van der Waals surface area contributed by atoms with Crippen LogP contribution < -0.4 is 11.1 Å². The van der Waals surface area contributed by atoms with Crippen LogP contribution in [0.15, 0.2) is 24.5 Å². The number of aliphatic hydroxyl groups is 1. The van der Waals surface area contributed by atoms with E-state index in [4.69, 9.17) is 5.73 Å². The number of nitrogens with one attached hydrogen (secondary N) is 1. The second-order valence-corrected chi connectivity index (χ2v) is 4.28. The van der Waals surface area contributed by atoms with Gasteiger partial charge in [-0.2, -0.15) is 0 Å². The van der Waals surface area contributed by atoms with Crippen LogP contribution >= 0.6 is 0 Å². The highest BCUT2D eigenvalue weighted by Gasteiger charge is 2.05. The van der Waals surface area contributed by atoms with Crippen molar-refractivity contribution >= 4 is 22.4 Å². The van der Waals surface area contributed by atoms with Gasteiger partial charge in [0.25, 0.3) is 0 Å². The number of hydrogen-bond acceptors (Lipinski definition) is 5. The Kier molecular flexibility index (Phi) is 3.94. The van der Waals surface area contributed by atoms with Crippen LogP contribution in [0.2, 0.25) is 0 Å². The van der Waals surface area contributed by atoms with Crippen molar-refractivity contribution in [2.75, 3.05) is 17.6 Å². The number of anilines is 2. The highest BCUT2D eigenvalue weighted by atomic mass is 16.3. The van der Waals surface area contributed by atoms with E-state index < -0.39 is 0 Å². The van der Waals surface area contributed by atoms with Gasteiger partial charge in [0, 0.05) is 17.6 Å². The molecule has 5 nitrogen and oxygen atoms in total. The summed E-state index contributed by atoms with van der Waals surface area (Å²) in [6.07, 6.45) is 2.72. The van der Waals surface area contributed by atoms with Gasteiger partial charge in [-0.1, -0.05) is 6.92 Å². The van der Waals surface area contributed by atoms with Gasteiger partial charge in [-0.15, -0.1) is 0 Å². The molecule has 1 aromatic carbocycles. The molecular weight excluding hydrogens is 228 g/mol. The van der Waals surface area contributed by atoms with Gasteiger partial charge in [-0.3, -0.25) is 0 Å². The highest BCUT2D eigenvalue weighted by Crippen LogP contribution is 2.21. The number of nitrogens with zero attached hydrogens (tertiary/aromatic N) is 2. The van der Waals surface area contributed by atoms with E-state index in [2.05, 4.69) is 15.3 Å². The molecule has 0 aliphatic carbocycles. The van der Waals surface area contributed by atoms with E-state index in [0.29, 0.717) is 18.7 Å². The van der Waals surface area contributed by atoms with Gasteiger partial charge >= 0.3 is 0 Å². The van der Waals surface area contributed by atoms with Gasteiger partial charge in [0.15, 0.2) is 0 Å². The molecular formula is C13H18N4O. The topological polar surface area (TPSA) is 84.1 Å². The number of nitrogen functional groups attached to an aromatic ring is 1. The average molecular weight is 246 g/mol. The first-order valence-electron chi connectivity index (χ1n) is 6.13. The average Bonchev–Trinajstić information content (AvgIpc) is 2.38. The first kappa shape index (κ1) is 12.6. The Morgan fingerprint density at radius 1 is 1.39 bits per heavy atom. The van der Waals surface area contributed by atoms with Crippen LogP contribution in [0.5, 0.6) is 0 Å². The highest BCUT2D eigenvalue weighted by molar-refractivity contribution is 5.90. The monoisotopic (exact) mass is 246 g/mol. The number of aliphatic hydroxyl groups excluding tert-OH is 1. The lowest BCUT2D eigenvalue weighted by Gasteiger charge is -2.10. The van der Waals surface area contributed by atoms with Crippen LogP contribution in [-0.4, -0.2) is 27.7 Å². The molecule has 0 radical (unpaired) electrons. The first-order valence-corrected chi connectivity index (χ1v) is 6.13. The molecule has 0 saturated heterocycles. The molecule has 1 unspecified atom stereocenters. The molecule has 0 spiro atoms. The number of fused-ring (bicyclic) bond motifs is 1. The van der Waals surface area contributed by atoms with E-state index >= 15 is 0 Å². The lowest BCUT2D eigenvalue weighted by Crippen LogP contribution is -2.13. The molecule has 1 atom stereocenters. The Morgan fingerprint density at radius 2 is 2.22 bits per heavy atom. The second kappa shape index (κ2) is 5.64. The van der Waals surface area contributed by atoms with Crippen molar-refractivity contribution in [1.82, 2.24) is 9.97 Å². The summed E-state index contributed by atoms with van der Waals surface area (Å²) in [5.41, 5.74) is 7.23. The summed E-state index contributed by atoms with van der Waals surface area (Å²) < 4.78 is 0. The SMILES string of the molecule is CCC(O)CCNc1ncnc2cc(N)ccc12. The Bertz CT molecular complexity index is 529. The number of nitrogens with two attached hydrogens (primary N) is 1. The maximum absolute atomic E-state index is 9.50. The van der Waals surface area contributed by atoms with Crippen molar-refractivity contribution in [3.63, 3.8) is 0 Å². The number of rotatable bonds is 5. The Hall–Kier alpha value is -1.88. The molecule has 1 heterocycles. The first-order chi connectivity index (χ1) is 8.70. The zero-order chi connectivity index (χ0) is 13.0. The zero-order valence-corrected chi connectivity index (χ0v) is 10.4. The second-order valence-electron chi connectivity index (χ2n) is 4.28. The van der Waals surface area contributed by atoms with Crippen molar-refractivity contribution in [2.24, 2.45) is 0 Å². The van der Waals surface area contributed by atoms with E-state index in [1.165, 1.54) is 6.33 Å². The lowest BCUT2D eigenvalue weighted by molar-refractivity contribution is 0.164. The summed E-state index contributed by atoms with van der Waals surface area (Å²) in [6, 6.07) is 5.56. The van der Waals surface area contributed by atoms with Gasteiger partial charge in [0.05, 0.1) is 11.6 Å². The molecule has 2 rings (SSSR count). The van der Waals surface area contributed by atoms with E-state index in [-0.39, 0.29) is 6.10 Å². The summed E-state index contributed by atoms with van der Waals surface area (Å²) in [4.78, 5) is 8.40. The third kappa shape index (κ3) is 2.87. The number of benzene rings is 1. The zero-order valence-electron chi connectivity index (χ0n) is 10.4. The van der Waals surface area contributed by atoms with Crippen LogP contribution in [0.3, 0.4) is 0 Å². The largest absolute Gasteiger partial charge is 0.399 e. The smallest absolute Gasteiger partial charge is 0.137 e. The Morgan fingerprint density at radius 3 is 3.00 bits per heavy atom. The minimum Gasteiger partial charge on any atom is -0.399 e. The van der Waals surface area contributed by atoms with Crippen LogP contribution in [0.1, 0.15) is 19.8 Å². The fourth-order valence-electron chi connectivity index (χ4n) is 1.78. The van der Waals surface area contributed by atoms with Gasteiger partial charge in [0.1, 0.15) is 12.1 Å². The van der Waals surface area contributed by atoms with Crippen LogP contribution in [0.4, 0.5) is 11.5 Å². The molecule has 0 aliphatic heterocycles. The molecule has 1 aromatic heterocycles. The maximum atomic E-state index is 9.50. The van der Waals surface area contributed by atoms with E-state index in [1.807, 2.05) is 25.1 Å². The van der Waals surface area contributed by atoms with Gasteiger partial charge in [0.2, 0.25) is 0 Å². The lowest BCUT2D eigenvalue weighted by atomic mass is 10.2. The minimum absolute atomic E-state index is 0.263. The molecule has 5 heteroatoms. The van der Waals surface area contributed by atoms with E-state index in [0.717, 1.165) is 23.1 Å². The van der Waals surface area contributed by atoms with Crippen molar-refractivity contribution < 1.29 is 5.11 Å². The molecule has 4 N–H and O–H groups in total. The predicted molar refractivity (Wildman–Crippen MR) is 73.4 cm³/mol. The van der Waals surface area contributed by atoms with Crippen molar-refractivity contribution in [3.05, 3.63) is 24.5 Å². The van der Waals surface area contributed by atoms with Crippen LogP contribution in [0, 0.1) is 0 Å². The Balaban J connectivity index is 2.13. The van der Waals surface area contributed by atoms with Crippen LogP contribution in [-0.2, 0) is 0 Å². The number of aromatic nitrogens is 2. The number of hydrogen-bond donors (Lipinski definition) is 3. The maximum Gasteiger partial charge on any atom is 0.137 e. The summed E-state index contributed by atoms with van der Waals surface area (Å²) in [5.74, 6) is 0.781. The van der Waals surface area contributed by atoms with Crippen molar-refractivity contribution in [2.45, 2.75) is 25.9 Å². The van der Waals surface area contributed by atoms with Gasteiger partial charge in [-0.05, 0) is 31.0 Å². The molecule has 0 saturated carbocycles. The summed E-state index contributed by atoms with van der Waals surface area (Å²) >= 11 is 0. The molecule has 0 amide bonds. The summed E-state index contributed by atoms with van der Waals surface area (Å²) in [6.45, 7) is 2.65. The quantitative estimate of drug-likeness (QED) is 0.700. The van der Waals surface area contributed by atoms with Crippen molar-refractivity contribution in [1.29, 1.82) is 0 Å². The third-order valence-electron chi connectivity index (χ3n) is 2.90. The minimum atomic E-state index is -0.263. The molecule has 18 heavy (non-hydrogen) atoms. The summed E-state index contributed by atoms with van der Waals surface area (Å²) in [7, 11) is 0. The van der Waals surface area contributed by atoms with E-state index in [1.54, 1.807) is 0 Å². The normalized spacial score (nSPS) is 12.6. The molecule has 0 bridgehead atoms. The fourth-order valence-corrected chi connectivity index (χ4v) is 1.78. The molecule has 0 aliphatic rings.